The Labute approximate surface area is 188 Å². The molecule has 1 fully saturated rings. The zero-order valence-corrected chi connectivity index (χ0v) is 19.3. The van der Waals surface area contributed by atoms with E-state index in [1.54, 1.807) is 43.3 Å². The van der Waals surface area contributed by atoms with Gasteiger partial charge in [0.25, 0.3) is 5.91 Å². The number of rotatable bonds is 7. The molecule has 9 heteroatoms. The van der Waals surface area contributed by atoms with Crippen LogP contribution in [0, 0.1) is 6.92 Å². The maximum atomic E-state index is 13.5. The van der Waals surface area contributed by atoms with Gasteiger partial charge in [-0.1, -0.05) is 24.6 Å². The molecule has 0 radical (unpaired) electrons. The molecule has 32 heavy (non-hydrogen) atoms. The average Bonchev–Trinajstić information content (AvgIpc) is 3.02. The van der Waals surface area contributed by atoms with Crippen molar-refractivity contribution in [2.75, 3.05) is 10.2 Å². The van der Waals surface area contributed by atoms with Crippen molar-refractivity contribution in [3.8, 4) is 0 Å². The quantitative estimate of drug-likeness (QED) is 0.644. The molecule has 1 N–H and O–H groups in total. The highest BCUT2D eigenvalue weighted by Gasteiger charge is 2.48. The first kappa shape index (κ1) is 23.6. The summed E-state index contributed by atoms with van der Waals surface area (Å²) in [7, 11) is -4.01. The number of nitrogens with one attached hydrogen (secondary N) is 1. The lowest BCUT2D eigenvalue weighted by Gasteiger charge is -2.31. The van der Waals surface area contributed by atoms with Crippen LogP contribution < -0.4 is 10.2 Å². The summed E-state index contributed by atoms with van der Waals surface area (Å²) in [5, 5.41) is 2.62. The number of amides is 3. The molecule has 0 bridgehead atoms. The number of hydrogen-bond donors (Lipinski definition) is 1. The fourth-order valence-electron chi connectivity index (χ4n) is 3.71. The summed E-state index contributed by atoms with van der Waals surface area (Å²) in [6, 6.07) is 11.1. The zero-order chi connectivity index (χ0) is 23.6. The van der Waals surface area contributed by atoms with Gasteiger partial charge in [0.2, 0.25) is 21.8 Å². The Morgan fingerprint density at radius 3 is 2.25 bits per heavy atom. The fourth-order valence-corrected chi connectivity index (χ4v) is 5.55. The molecule has 0 spiro atoms. The number of carbonyl (C=O) groups excluding carboxylic acids is 3. The number of aryl methyl sites for hydroxylation is 1. The molecule has 0 aromatic heterocycles. The summed E-state index contributed by atoms with van der Waals surface area (Å²) >= 11 is 0. The van der Waals surface area contributed by atoms with Gasteiger partial charge >= 0.3 is 0 Å². The van der Waals surface area contributed by atoms with Crippen molar-refractivity contribution >= 4 is 39.1 Å². The van der Waals surface area contributed by atoms with Gasteiger partial charge in [-0.25, -0.2) is 13.3 Å². The number of nitrogens with zero attached hydrogens (tertiary/aromatic N) is 2. The van der Waals surface area contributed by atoms with E-state index in [9.17, 15) is 22.8 Å². The molecular formula is C23H27N3O5S. The van der Waals surface area contributed by atoms with E-state index in [4.69, 9.17) is 0 Å². The van der Waals surface area contributed by atoms with Crippen LogP contribution in [-0.2, 0) is 24.4 Å². The highest BCUT2D eigenvalue weighted by Crippen LogP contribution is 2.32. The lowest BCUT2D eigenvalue weighted by Crippen LogP contribution is -2.49. The van der Waals surface area contributed by atoms with Crippen LogP contribution in [0.25, 0.3) is 0 Å². The van der Waals surface area contributed by atoms with Crippen LogP contribution in [0.2, 0.25) is 0 Å². The molecule has 1 saturated heterocycles. The standard InChI is InChI=1S/C23H27N3O5S/c1-5-16(3)26(32(30,31)20-12-6-15(2)7-13-20)21-14-22(28)25(23(21)29)19-10-8-18(9-11-19)24-17(4)27/h6-13,16,21H,5,14H2,1-4H3,(H,24,27). The van der Waals surface area contributed by atoms with Crippen LogP contribution in [0.1, 0.15) is 39.2 Å². The Bertz CT molecular complexity index is 1130. The van der Waals surface area contributed by atoms with Gasteiger partial charge in [0.15, 0.2) is 0 Å². The van der Waals surface area contributed by atoms with Crippen LogP contribution in [0.3, 0.4) is 0 Å². The summed E-state index contributed by atoms with van der Waals surface area (Å²) in [5.74, 6) is -1.30. The van der Waals surface area contributed by atoms with Crippen molar-refractivity contribution < 1.29 is 22.8 Å². The Morgan fingerprint density at radius 1 is 1.12 bits per heavy atom. The molecule has 1 aliphatic rings. The monoisotopic (exact) mass is 457 g/mol. The predicted molar refractivity (Wildman–Crippen MR) is 122 cm³/mol. The normalized spacial score (nSPS) is 17.7. The first-order valence-electron chi connectivity index (χ1n) is 10.4. The third-order valence-electron chi connectivity index (χ3n) is 5.50. The largest absolute Gasteiger partial charge is 0.326 e. The Kier molecular flexibility index (Phi) is 6.80. The van der Waals surface area contributed by atoms with E-state index in [1.165, 1.54) is 23.4 Å². The summed E-state index contributed by atoms with van der Waals surface area (Å²) in [5.41, 5.74) is 1.77. The van der Waals surface area contributed by atoms with Gasteiger partial charge in [0.1, 0.15) is 6.04 Å². The molecule has 2 aromatic rings. The third kappa shape index (κ3) is 4.58. The number of anilines is 2. The maximum absolute atomic E-state index is 13.5. The van der Waals surface area contributed by atoms with Gasteiger partial charge < -0.3 is 5.32 Å². The molecular weight excluding hydrogens is 430 g/mol. The topological polar surface area (TPSA) is 104 Å². The second-order valence-electron chi connectivity index (χ2n) is 7.92. The lowest BCUT2D eigenvalue weighted by atomic mass is 10.2. The third-order valence-corrected chi connectivity index (χ3v) is 7.53. The van der Waals surface area contributed by atoms with E-state index < -0.39 is 33.9 Å². The van der Waals surface area contributed by atoms with Crippen LogP contribution in [0.15, 0.2) is 53.4 Å². The highest BCUT2D eigenvalue weighted by atomic mass is 32.2. The van der Waals surface area contributed by atoms with Crippen molar-refractivity contribution in [1.29, 1.82) is 0 Å². The Hall–Kier alpha value is -3.04. The van der Waals surface area contributed by atoms with Crippen molar-refractivity contribution in [2.24, 2.45) is 0 Å². The molecule has 3 rings (SSSR count). The van der Waals surface area contributed by atoms with Crippen LogP contribution in [0.5, 0.6) is 0 Å². The van der Waals surface area contributed by atoms with Gasteiger partial charge in [0, 0.05) is 18.7 Å². The Morgan fingerprint density at radius 2 is 1.72 bits per heavy atom. The Balaban J connectivity index is 1.95. The molecule has 170 valence electrons. The van der Waals surface area contributed by atoms with Crippen LogP contribution in [0.4, 0.5) is 11.4 Å². The predicted octanol–water partition coefficient (Wildman–Crippen LogP) is 3.07. The van der Waals surface area contributed by atoms with Crippen molar-refractivity contribution in [2.45, 2.75) is 57.5 Å². The minimum absolute atomic E-state index is 0.0850. The van der Waals surface area contributed by atoms with Crippen molar-refractivity contribution in [3.63, 3.8) is 0 Å². The van der Waals surface area contributed by atoms with Gasteiger partial charge in [-0.15, -0.1) is 0 Å². The SMILES string of the molecule is CCC(C)N(C1CC(=O)N(c2ccc(NC(C)=O)cc2)C1=O)S(=O)(=O)c1ccc(C)cc1. The second kappa shape index (κ2) is 9.22. The number of imide groups is 1. The first-order chi connectivity index (χ1) is 15.1. The van der Waals surface area contributed by atoms with Crippen LogP contribution in [-0.4, -0.2) is 42.5 Å². The number of benzene rings is 2. The van der Waals surface area contributed by atoms with Gasteiger partial charge in [-0.3, -0.25) is 14.4 Å². The lowest BCUT2D eigenvalue weighted by molar-refractivity contribution is -0.122. The molecule has 1 heterocycles. The zero-order valence-electron chi connectivity index (χ0n) is 18.5. The van der Waals surface area contributed by atoms with E-state index >= 15 is 0 Å². The summed E-state index contributed by atoms with van der Waals surface area (Å²) in [6.45, 7) is 6.80. The molecule has 2 unspecified atom stereocenters. The smallest absolute Gasteiger partial charge is 0.252 e. The molecule has 3 amide bonds. The number of carbonyl (C=O) groups is 3. The van der Waals surface area contributed by atoms with Crippen LogP contribution >= 0.6 is 0 Å². The minimum atomic E-state index is -4.01. The van der Waals surface area contributed by atoms with Gasteiger partial charge in [0.05, 0.1) is 17.0 Å². The van der Waals surface area contributed by atoms with Gasteiger partial charge in [-0.05, 0) is 56.7 Å². The van der Waals surface area contributed by atoms with Crippen molar-refractivity contribution in [3.05, 3.63) is 54.1 Å². The van der Waals surface area contributed by atoms with E-state index in [1.807, 2.05) is 13.8 Å². The minimum Gasteiger partial charge on any atom is -0.326 e. The molecule has 0 saturated carbocycles. The van der Waals surface area contributed by atoms with E-state index in [2.05, 4.69) is 5.32 Å². The molecule has 1 aliphatic heterocycles. The molecule has 8 nitrogen and oxygen atoms in total. The second-order valence-corrected chi connectivity index (χ2v) is 9.76. The summed E-state index contributed by atoms with van der Waals surface area (Å²) in [4.78, 5) is 38.4. The maximum Gasteiger partial charge on any atom is 0.252 e. The first-order valence-corrected chi connectivity index (χ1v) is 11.8. The van der Waals surface area contributed by atoms with Gasteiger partial charge in [-0.2, -0.15) is 4.31 Å². The summed E-state index contributed by atoms with van der Waals surface area (Å²) in [6.07, 6.45) is 0.246. The number of sulfonamides is 1. The number of hydrogen-bond acceptors (Lipinski definition) is 5. The van der Waals surface area contributed by atoms with Crippen molar-refractivity contribution in [1.82, 2.24) is 4.31 Å². The van der Waals surface area contributed by atoms with E-state index in [-0.39, 0.29) is 17.2 Å². The average molecular weight is 458 g/mol. The van der Waals surface area contributed by atoms with E-state index in [0.29, 0.717) is 17.8 Å². The highest BCUT2D eigenvalue weighted by molar-refractivity contribution is 7.89. The summed E-state index contributed by atoms with van der Waals surface area (Å²) < 4.78 is 28.1. The van der Waals surface area contributed by atoms with E-state index in [0.717, 1.165) is 10.5 Å². The molecule has 2 aromatic carbocycles. The fraction of sp³-hybridized carbons (Fsp3) is 0.348. The molecule has 2 atom stereocenters. The molecule has 0 aliphatic carbocycles.